The Labute approximate surface area is 113 Å². The molecule has 1 unspecified atom stereocenters. The summed E-state index contributed by atoms with van der Waals surface area (Å²) in [6.45, 7) is 1.30. The van der Waals surface area contributed by atoms with Gasteiger partial charge in [-0.1, -0.05) is 0 Å². The molecule has 1 aromatic heterocycles. The third kappa shape index (κ3) is 2.08. The van der Waals surface area contributed by atoms with Crippen LogP contribution in [0.2, 0.25) is 0 Å². The highest BCUT2D eigenvalue weighted by molar-refractivity contribution is 5.84. The highest BCUT2D eigenvalue weighted by Gasteiger charge is 2.32. The van der Waals surface area contributed by atoms with Gasteiger partial charge in [0.25, 0.3) is 0 Å². The Morgan fingerprint density at radius 3 is 3.00 bits per heavy atom. The quantitative estimate of drug-likeness (QED) is 0.828. The van der Waals surface area contributed by atoms with Gasteiger partial charge in [-0.25, -0.2) is 4.98 Å². The van der Waals surface area contributed by atoms with Crippen molar-refractivity contribution in [3.63, 3.8) is 0 Å². The van der Waals surface area contributed by atoms with Gasteiger partial charge in [0.15, 0.2) is 0 Å². The number of fused-ring (bicyclic) bond motifs is 1. The normalized spacial score (nSPS) is 21.7. The average molecular weight is 260 g/mol. The van der Waals surface area contributed by atoms with Crippen LogP contribution in [-0.4, -0.2) is 23.5 Å². The zero-order chi connectivity index (χ0) is 13.4. The zero-order valence-corrected chi connectivity index (χ0v) is 11.1. The van der Waals surface area contributed by atoms with Crippen LogP contribution in [0.15, 0.2) is 6.07 Å². The lowest BCUT2D eigenvalue weighted by molar-refractivity contribution is -0.119. The van der Waals surface area contributed by atoms with Gasteiger partial charge in [0, 0.05) is 24.3 Å². The minimum absolute atomic E-state index is 0.225. The molecule has 3 rings (SSSR count). The van der Waals surface area contributed by atoms with Crippen molar-refractivity contribution in [2.24, 2.45) is 11.5 Å². The van der Waals surface area contributed by atoms with Gasteiger partial charge in [0.1, 0.15) is 11.9 Å². The molecule has 0 radical (unpaired) electrons. The fourth-order valence-electron chi connectivity index (χ4n) is 3.22. The highest BCUT2D eigenvalue weighted by Crippen LogP contribution is 2.31. The summed E-state index contributed by atoms with van der Waals surface area (Å²) in [5.41, 5.74) is 14.9. The summed E-state index contributed by atoms with van der Waals surface area (Å²) in [5.74, 6) is 0.618. The van der Waals surface area contributed by atoms with Gasteiger partial charge in [-0.3, -0.25) is 4.79 Å². The number of aryl methyl sites for hydroxylation is 2. The van der Waals surface area contributed by atoms with Crippen molar-refractivity contribution in [2.75, 3.05) is 11.4 Å². The SMILES string of the molecule is NCc1cc2c(nc1N1CCCC1C(N)=O)CCC2. The van der Waals surface area contributed by atoms with E-state index in [1.165, 1.54) is 11.3 Å². The average Bonchev–Trinajstić information content (AvgIpc) is 3.05. The highest BCUT2D eigenvalue weighted by atomic mass is 16.1. The van der Waals surface area contributed by atoms with Gasteiger partial charge < -0.3 is 16.4 Å². The number of primary amides is 1. The molecule has 0 saturated carbocycles. The van der Waals surface area contributed by atoms with E-state index in [1.54, 1.807) is 0 Å². The predicted molar refractivity (Wildman–Crippen MR) is 73.7 cm³/mol. The first-order valence-corrected chi connectivity index (χ1v) is 6.98. The topological polar surface area (TPSA) is 85.2 Å². The number of aromatic nitrogens is 1. The van der Waals surface area contributed by atoms with E-state index in [0.29, 0.717) is 6.54 Å². The van der Waals surface area contributed by atoms with Crippen molar-refractivity contribution in [2.45, 2.75) is 44.7 Å². The monoisotopic (exact) mass is 260 g/mol. The van der Waals surface area contributed by atoms with E-state index < -0.39 is 0 Å². The number of nitrogens with zero attached hydrogens (tertiary/aromatic N) is 2. The van der Waals surface area contributed by atoms with Crippen molar-refractivity contribution < 1.29 is 4.79 Å². The smallest absolute Gasteiger partial charge is 0.240 e. The van der Waals surface area contributed by atoms with Gasteiger partial charge in [0.2, 0.25) is 5.91 Å². The number of rotatable bonds is 3. The van der Waals surface area contributed by atoms with Crippen molar-refractivity contribution in [3.8, 4) is 0 Å². The molecule has 1 aliphatic carbocycles. The van der Waals surface area contributed by atoms with E-state index >= 15 is 0 Å². The van der Waals surface area contributed by atoms with Crippen molar-refractivity contribution in [1.29, 1.82) is 0 Å². The Morgan fingerprint density at radius 1 is 1.42 bits per heavy atom. The van der Waals surface area contributed by atoms with Crippen LogP contribution in [-0.2, 0) is 24.2 Å². The minimum Gasteiger partial charge on any atom is -0.368 e. The van der Waals surface area contributed by atoms with Crippen LogP contribution < -0.4 is 16.4 Å². The fraction of sp³-hybridized carbons (Fsp3) is 0.571. The van der Waals surface area contributed by atoms with Crippen LogP contribution in [0.1, 0.15) is 36.1 Å². The summed E-state index contributed by atoms with van der Waals surface area (Å²) in [6, 6.07) is 1.94. The molecule has 2 aliphatic rings. The molecular formula is C14H20N4O. The molecule has 102 valence electrons. The van der Waals surface area contributed by atoms with Crippen molar-refractivity contribution in [3.05, 3.63) is 22.9 Å². The minimum atomic E-state index is -0.261. The number of hydrogen-bond acceptors (Lipinski definition) is 4. The predicted octanol–water partition coefficient (Wildman–Crippen LogP) is 0.483. The molecule has 5 nitrogen and oxygen atoms in total. The summed E-state index contributed by atoms with van der Waals surface area (Å²) in [5, 5.41) is 0. The summed E-state index contributed by atoms with van der Waals surface area (Å²) in [6.07, 6.45) is 5.08. The lowest BCUT2D eigenvalue weighted by atomic mass is 10.1. The van der Waals surface area contributed by atoms with E-state index in [-0.39, 0.29) is 11.9 Å². The Hall–Kier alpha value is -1.62. The maximum atomic E-state index is 11.5. The number of nitrogens with two attached hydrogens (primary N) is 2. The fourth-order valence-corrected chi connectivity index (χ4v) is 3.22. The second kappa shape index (κ2) is 4.81. The van der Waals surface area contributed by atoms with E-state index in [2.05, 4.69) is 6.07 Å². The number of hydrogen-bond donors (Lipinski definition) is 2. The second-order valence-electron chi connectivity index (χ2n) is 5.39. The standard InChI is InChI=1S/C14H20N4O/c15-8-10-7-9-3-1-4-11(9)17-14(10)18-6-2-5-12(18)13(16)19/h7,12H,1-6,8,15H2,(H2,16,19). The first-order valence-electron chi connectivity index (χ1n) is 6.98. The first-order chi connectivity index (χ1) is 9.20. The number of carbonyl (C=O) groups is 1. The number of amides is 1. The third-order valence-electron chi connectivity index (χ3n) is 4.18. The number of carbonyl (C=O) groups excluding carboxylic acids is 1. The van der Waals surface area contributed by atoms with Gasteiger partial charge in [-0.05, 0) is 43.7 Å². The van der Waals surface area contributed by atoms with Crippen LogP contribution in [0.5, 0.6) is 0 Å². The van der Waals surface area contributed by atoms with E-state index in [4.69, 9.17) is 16.5 Å². The Morgan fingerprint density at radius 2 is 2.26 bits per heavy atom. The molecule has 0 spiro atoms. The molecule has 1 aromatic rings. The van der Waals surface area contributed by atoms with Crippen LogP contribution in [0, 0.1) is 0 Å². The molecule has 1 fully saturated rings. The maximum Gasteiger partial charge on any atom is 0.240 e. The molecule has 5 heteroatoms. The molecule has 19 heavy (non-hydrogen) atoms. The van der Waals surface area contributed by atoms with E-state index in [1.807, 2.05) is 4.90 Å². The number of pyridine rings is 1. The summed E-state index contributed by atoms with van der Waals surface area (Å²) in [7, 11) is 0. The first kappa shape index (κ1) is 12.4. The number of anilines is 1. The molecule has 1 atom stereocenters. The van der Waals surface area contributed by atoms with Crippen LogP contribution in [0.3, 0.4) is 0 Å². The molecule has 1 amide bonds. The third-order valence-corrected chi connectivity index (χ3v) is 4.18. The van der Waals surface area contributed by atoms with Gasteiger partial charge in [0.05, 0.1) is 0 Å². The second-order valence-corrected chi connectivity index (χ2v) is 5.39. The van der Waals surface area contributed by atoms with E-state index in [9.17, 15) is 4.79 Å². The molecule has 0 aromatic carbocycles. The molecule has 0 bridgehead atoms. The van der Waals surface area contributed by atoms with Crippen molar-refractivity contribution >= 4 is 11.7 Å². The summed E-state index contributed by atoms with van der Waals surface area (Å²) < 4.78 is 0. The summed E-state index contributed by atoms with van der Waals surface area (Å²) in [4.78, 5) is 18.4. The molecule has 1 aliphatic heterocycles. The molecule has 2 heterocycles. The van der Waals surface area contributed by atoms with Crippen LogP contribution >= 0.6 is 0 Å². The lowest BCUT2D eigenvalue weighted by Gasteiger charge is -2.26. The van der Waals surface area contributed by atoms with Crippen LogP contribution in [0.25, 0.3) is 0 Å². The largest absolute Gasteiger partial charge is 0.368 e. The molecule has 4 N–H and O–H groups in total. The Balaban J connectivity index is 2.01. The lowest BCUT2D eigenvalue weighted by Crippen LogP contribution is -2.41. The molecule has 1 saturated heterocycles. The Bertz CT molecular complexity index is 514. The van der Waals surface area contributed by atoms with Gasteiger partial charge in [-0.15, -0.1) is 0 Å². The summed E-state index contributed by atoms with van der Waals surface area (Å²) >= 11 is 0. The Kier molecular flexibility index (Phi) is 3.14. The maximum absolute atomic E-state index is 11.5. The zero-order valence-electron chi connectivity index (χ0n) is 11.1. The van der Waals surface area contributed by atoms with E-state index in [0.717, 1.165) is 50.0 Å². The van der Waals surface area contributed by atoms with Gasteiger partial charge >= 0.3 is 0 Å². The van der Waals surface area contributed by atoms with Crippen molar-refractivity contribution in [1.82, 2.24) is 4.98 Å². The molecular weight excluding hydrogens is 240 g/mol. The van der Waals surface area contributed by atoms with Crippen LogP contribution in [0.4, 0.5) is 5.82 Å². The van der Waals surface area contributed by atoms with Gasteiger partial charge in [-0.2, -0.15) is 0 Å².